The molecule has 152 valence electrons. The van der Waals surface area contributed by atoms with Crippen LogP contribution >= 0.6 is 23.1 Å². The number of benzene rings is 1. The van der Waals surface area contributed by atoms with Gasteiger partial charge in [-0.1, -0.05) is 32.9 Å². The van der Waals surface area contributed by atoms with Crippen molar-refractivity contribution < 1.29 is 14.7 Å². The van der Waals surface area contributed by atoms with Gasteiger partial charge in [-0.2, -0.15) is 0 Å². The summed E-state index contributed by atoms with van der Waals surface area (Å²) in [6.45, 7) is 6.34. The molecule has 7 nitrogen and oxygen atoms in total. The standard InChI is InChI=1S/C20H21N3O4S2/c1-20(2,3)10-4-6-11(7-5-10)22-14(26)9-28-19-15(18(21)27)16-17(29-19)12(24)8-13(25)23-16/h4-8H,9H2,1-3H3,(H2,21,27)(H,22,26)(H2,23,24,25). The smallest absolute Gasteiger partial charge is 0.252 e. The van der Waals surface area contributed by atoms with Crippen LogP contribution < -0.4 is 16.6 Å². The Morgan fingerprint density at radius 3 is 2.48 bits per heavy atom. The number of pyridine rings is 1. The molecule has 3 rings (SSSR count). The number of hydrogen-bond donors (Lipinski definition) is 4. The third-order valence-corrected chi connectivity index (χ3v) is 6.72. The molecule has 2 aromatic heterocycles. The van der Waals surface area contributed by atoms with Gasteiger partial charge in [0, 0.05) is 11.8 Å². The van der Waals surface area contributed by atoms with E-state index in [0.717, 1.165) is 34.7 Å². The summed E-state index contributed by atoms with van der Waals surface area (Å²) in [4.78, 5) is 38.3. The zero-order chi connectivity index (χ0) is 21.3. The first-order valence-electron chi connectivity index (χ1n) is 8.78. The van der Waals surface area contributed by atoms with Crippen molar-refractivity contribution in [1.82, 2.24) is 4.98 Å². The molecular formula is C20H21N3O4S2. The van der Waals surface area contributed by atoms with Crippen LogP contribution in [0.15, 0.2) is 39.3 Å². The van der Waals surface area contributed by atoms with Crippen molar-refractivity contribution in [2.45, 2.75) is 30.4 Å². The highest BCUT2D eigenvalue weighted by Crippen LogP contribution is 2.40. The summed E-state index contributed by atoms with van der Waals surface area (Å²) in [6, 6.07) is 8.67. The predicted molar refractivity (Wildman–Crippen MR) is 117 cm³/mol. The van der Waals surface area contributed by atoms with Crippen LogP contribution in [0.2, 0.25) is 0 Å². The molecule has 3 aromatic rings. The van der Waals surface area contributed by atoms with Gasteiger partial charge in [-0.25, -0.2) is 0 Å². The number of primary amides is 1. The first kappa shape index (κ1) is 20.9. The Balaban J connectivity index is 1.76. The van der Waals surface area contributed by atoms with Crippen molar-refractivity contribution in [2.24, 2.45) is 5.73 Å². The molecule has 0 saturated heterocycles. The maximum absolute atomic E-state index is 12.3. The third-order valence-electron chi connectivity index (χ3n) is 4.24. The second kappa shape index (κ2) is 7.92. The van der Waals surface area contributed by atoms with Gasteiger partial charge in [0.15, 0.2) is 0 Å². The van der Waals surface area contributed by atoms with Crippen LogP contribution in [0.1, 0.15) is 36.7 Å². The second-order valence-electron chi connectivity index (χ2n) is 7.52. The van der Waals surface area contributed by atoms with E-state index in [2.05, 4.69) is 31.1 Å². The minimum absolute atomic E-state index is 0.0251. The van der Waals surface area contributed by atoms with Gasteiger partial charge in [0.05, 0.1) is 25.7 Å². The summed E-state index contributed by atoms with van der Waals surface area (Å²) < 4.78 is 0.807. The number of aromatic hydroxyl groups is 1. The number of thioether (sulfide) groups is 1. The average molecular weight is 432 g/mol. The highest BCUT2D eigenvalue weighted by Gasteiger charge is 2.21. The Labute approximate surface area is 175 Å². The van der Waals surface area contributed by atoms with Gasteiger partial charge in [0.25, 0.3) is 11.5 Å². The van der Waals surface area contributed by atoms with E-state index in [1.807, 2.05) is 24.3 Å². The molecule has 0 unspecified atom stereocenters. The average Bonchev–Trinajstić information content (AvgIpc) is 2.98. The molecule has 0 saturated carbocycles. The van der Waals surface area contributed by atoms with Crippen LogP contribution in [0, 0.1) is 0 Å². The van der Waals surface area contributed by atoms with E-state index in [0.29, 0.717) is 14.6 Å². The Kier molecular flexibility index (Phi) is 5.72. The number of fused-ring (bicyclic) bond motifs is 1. The van der Waals surface area contributed by atoms with Crippen LogP contribution in [0.4, 0.5) is 5.69 Å². The highest BCUT2D eigenvalue weighted by molar-refractivity contribution is 8.02. The van der Waals surface area contributed by atoms with Crippen molar-refractivity contribution in [3.8, 4) is 5.75 Å². The summed E-state index contributed by atoms with van der Waals surface area (Å²) in [5.74, 6) is -1.17. The number of rotatable bonds is 5. The molecule has 2 amide bonds. The lowest BCUT2D eigenvalue weighted by Gasteiger charge is -2.19. The lowest BCUT2D eigenvalue weighted by atomic mass is 9.87. The molecule has 9 heteroatoms. The van der Waals surface area contributed by atoms with Crippen molar-refractivity contribution in [3.05, 3.63) is 51.8 Å². The quantitative estimate of drug-likeness (QED) is 0.461. The Morgan fingerprint density at radius 2 is 1.90 bits per heavy atom. The first-order valence-corrected chi connectivity index (χ1v) is 10.6. The lowest BCUT2D eigenvalue weighted by molar-refractivity contribution is -0.113. The molecular weight excluding hydrogens is 410 g/mol. The fourth-order valence-electron chi connectivity index (χ4n) is 2.77. The largest absolute Gasteiger partial charge is 0.506 e. The number of H-pyrrole nitrogens is 1. The number of carbonyl (C=O) groups excluding carboxylic acids is 2. The number of amides is 2. The number of hydrogen-bond acceptors (Lipinski definition) is 6. The summed E-state index contributed by atoms with van der Waals surface area (Å²) in [7, 11) is 0. The zero-order valence-corrected chi connectivity index (χ0v) is 17.8. The molecule has 0 aliphatic heterocycles. The van der Waals surface area contributed by atoms with E-state index in [9.17, 15) is 19.5 Å². The number of thiophene rings is 1. The maximum Gasteiger partial charge on any atom is 0.252 e. The molecule has 1 aromatic carbocycles. The van der Waals surface area contributed by atoms with Gasteiger partial charge in [-0.05, 0) is 23.1 Å². The summed E-state index contributed by atoms with van der Waals surface area (Å²) >= 11 is 2.23. The van der Waals surface area contributed by atoms with E-state index in [1.54, 1.807) is 0 Å². The van der Waals surface area contributed by atoms with Gasteiger partial charge in [0.2, 0.25) is 5.91 Å². The fraction of sp³-hybridized carbons (Fsp3) is 0.250. The number of nitrogens with two attached hydrogens (primary N) is 1. The number of nitrogens with one attached hydrogen (secondary N) is 2. The minimum atomic E-state index is -0.738. The van der Waals surface area contributed by atoms with E-state index in [-0.39, 0.29) is 33.9 Å². The van der Waals surface area contributed by atoms with Crippen LogP contribution in [0.25, 0.3) is 10.2 Å². The first-order chi connectivity index (χ1) is 13.6. The number of aromatic amines is 1. The van der Waals surface area contributed by atoms with Gasteiger partial charge in [0.1, 0.15) is 5.75 Å². The summed E-state index contributed by atoms with van der Waals surface area (Å²) in [5.41, 5.74) is 7.07. The van der Waals surface area contributed by atoms with Gasteiger partial charge in [-0.15, -0.1) is 23.1 Å². The SMILES string of the molecule is CC(C)(C)c1ccc(NC(=O)CSc2sc3c(O)cc(=O)[nH]c3c2C(N)=O)cc1. The van der Waals surface area contributed by atoms with Crippen molar-refractivity contribution in [2.75, 3.05) is 11.1 Å². The van der Waals surface area contributed by atoms with Crippen LogP contribution in [-0.2, 0) is 10.2 Å². The Bertz CT molecular complexity index is 1140. The molecule has 0 radical (unpaired) electrons. The highest BCUT2D eigenvalue weighted by atomic mass is 32.2. The molecule has 0 fully saturated rings. The third kappa shape index (κ3) is 4.63. The number of aromatic nitrogens is 1. The number of anilines is 1. The monoisotopic (exact) mass is 431 g/mol. The summed E-state index contributed by atoms with van der Waals surface area (Å²) in [6.07, 6.45) is 0. The van der Waals surface area contributed by atoms with Crippen LogP contribution in [0.3, 0.4) is 0 Å². The fourth-order valence-corrected chi connectivity index (χ4v) is 5.02. The van der Waals surface area contributed by atoms with E-state index >= 15 is 0 Å². The topological polar surface area (TPSA) is 125 Å². The molecule has 0 atom stereocenters. The molecule has 0 bridgehead atoms. The van der Waals surface area contributed by atoms with Gasteiger partial charge < -0.3 is 21.1 Å². The Hall–Kier alpha value is -2.78. The zero-order valence-electron chi connectivity index (χ0n) is 16.2. The molecule has 0 aliphatic carbocycles. The van der Waals surface area contributed by atoms with E-state index in [4.69, 9.17) is 5.73 Å². The molecule has 2 heterocycles. The van der Waals surface area contributed by atoms with Crippen molar-refractivity contribution in [1.29, 1.82) is 0 Å². The maximum atomic E-state index is 12.3. The second-order valence-corrected chi connectivity index (χ2v) is 9.78. The number of carbonyl (C=O) groups is 2. The van der Waals surface area contributed by atoms with Crippen molar-refractivity contribution in [3.63, 3.8) is 0 Å². The molecule has 0 aliphatic rings. The van der Waals surface area contributed by atoms with E-state index < -0.39 is 11.5 Å². The molecule has 29 heavy (non-hydrogen) atoms. The molecule has 0 spiro atoms. The van der Waals surface area contributed by atoms with E-state index in [1.165, 1.54) is 0 Å². The molecule has 5 N–H and O–H groups in total. The Morgan fingerprint density at radius 1 is 1.24 bits per heavy atom. The van der Waals surface area contributed by atoms with Crippen LogP contribution in [-0.4, -0.2) is 27.7 Å². The predicted octanol–water partition coefficient (Wildman–Crippen LogP) is 3.42. The van der Waals surface area contributed by atoms with Gasteiger partial charge in [-0.3, -0.25) is 14.4 Å². The lowest BCUT2D eigenvalue weighted by Crippen LogP contribution is -2.16. The minimum Gasteiger partial charge on any atom is -0.506 e. The van der Waals surface area contributed by atoms with Crippen LogP contribution in [0.5, 0.6) is 5.75 Å². The van der Waals surface area contributed by atoms with Gasteiger partial charge >= 0.3 is 0 Å². The summed E-state index contributed by atoms with van der Waals surface area (Å²) in [5, 5.41) is 12.8. The normalized spacial score (nSPS) is 11.6. The van der Waals surface area contributed by atoms with Crippen molar-refractivity contribution >= 4 is 50.8 Å².